The van der Waals surface area contributed by atoms with Crippen molar-refractivity contribution >= 4 is 45.4 Å². The predicted octanol–water partition coefficient (Wildman–Crippen LogP) is 8.57. The number of ether oxygens (including phenoxy) is 2. The Kier molecular flexibility index (Phi) is 10.2. The van der Waals surface area contributed by atoms with Gasteiger partial charge in [0, 0.05) is 58.8 Å². The molecule has 0 aliphatic carbocycles. The Morgan fingerprint density at radius 3 is 1.48 bits per heavy atom. The van der Waals surface area contributed by atoms with Crippen molar-refractivity contribution in [2.75, 3.05) is 36.8 Å². The predicted molar refractivity (Wildman–Crippen MR) is 222 cm³/mol. The van der Waals surface area contributed by atoms with Crippen LogP contribution in [0.25, 0.3) is 21.8 Å². The van der Waals surface area contributed by atoms with Crippen LogP contribution in [0.15, 0.2) is 111 Å². The van der Waals surface area contributed by atoms with Crippen molar-refractivity contribution < 1.29 is 29.3 Å². The van der Waals surface area contributed by atoms with Crippen LogP contribution in [0.3, 0.4) is 0 Å². The average molecular weight is 781 g/mol. The Hall–Kier alpha value is -5.98. The molecule has 298 valence electrons. The van der Waals surface area contributed by atoms with Crippen LogP contribution in [0.5, 0.6) is 11.5 Å². The van der Waals surface area contributed by atoms with Gasteiger partial charge in [0.2, 0.25) is 0 Å². The molecule has 6 saturated heterocycles. The standard InChI is InChI=1S/C46H48N6O6/c1-3-27-25-51-19-15-29(27)21-41(51)43(35-13-17-47-39-11-9-33(53)23-37(35)39)57-45(55)49-31-5-7-32(8-6-31)50-46(56)58-44(42-22-30-16-20-52(42)26-28(30)4-2)36-14-18-48-40-12-10-34(54)24-38(36)40/h3-14,17-18,23-24,27-30,41-44,53-54H,1-2,15-16,19-22,25-26H2,(H,49,55)(H,50,56)/t27-,28-,29-,30-,41-,42-,43+,44+/m0/s1. The minimum Gasteiger partial charge on any atom is -0.508 e. The molecule has 11 rings (SSSR count). The number of benzene rings is 3. The fourth-order valence-electron chi connectivity index (χ4n) is 10.1. The normalized spacial score (nSPS) is 27.0. The number of hydrogen-bond donors (Lipinski definition) is 4. The number of aromatic hydroxyl groups is 2. The molecule has 4 bridgehead atoms. The van der Waals surface area contributed by atoms with Crippen molar-refractivity contribution in [3.8, 4) is 11.5 Å². The number of phenols is 2. The van der Waals surface area contributed by atoms with Gasteiger partial charge in [-0.25, -0.2) is 9.59 Å². The van der Waals surface area contributed by atoms with E-state index in [1.807, 2.05) is 24.3 Å². The van der Waals surface area contributed by atoms with Crippen molar-refractivity contribution in [1.82, 2.24) is 19.8 Å². The van der Waals surface area contributed by atoms with Gasteiger partial charge in [0.15, 0.2) is 0 Å². The molecule has 12 heteroatoms. The summed E-state index contributed by atoms with van der Waals surface area (Å²) in [7, 11) is 0. The van der Waals surface area contributed by atoms with E-state index in [4.69, 9.17) is 9.47 Å². The number of piperidine rings is 6. The quantitative estimate of drug-likeness (QED) is 0.102. The van der Waals surface area contributed by atoms with Crippen LogP contribution < -0.4 is 10.6 Å². The first-order valence-electron chi connectivity index (χ1n) is 20.2. The van der Waals surface area contributed by atoms with Gasteiger partial charge in [-0.1, -0.05) is 12.2 Å². The van der Waals surface area contributed by atoms with E-state index >= 15 is 0 Å². The number of anilines is 2. The van der Waals surface area contributed by atoms with Gasteiger partial charge >= 0.3 is 12.2 Å². The van der Waals surface area contributed by atoms with E-state index in [0.29, 0.717) is 46.1 Å². The maximum absolute atomic E-state index is 13.7. The highest BCUT2D eigenvalue weighted by molar-refractivity contribution is 5.89. The van der Waals surface area contributed by atoms with Gasteiger partial charge in [0.25, 0.3) is 0 Å². The highest BCUT2D eigenvalue weighted by atomic mass is 16.6. The second-order valence-corrected chi connectivity index (χ2v) is 16.2. The number of phenolic OH excluding ortho intramolecular Hbond substituents is 2. The Labute approximate surface area is 337 Å². The second kappa shape index (κ2) is 15.8. The molecule has 6 aliphatic rings. The summed E-state index contributed by atoms with van der Waals surface area (Å²) in [6.07, 6.45) is 8.86. The lowest BCUT2D eigenvalue weighted by molar-refractivity contribution is -0.0474. The summed E-state index contributed by atoms with van der Waals surface area (Å²) in [4.78, 5) is 41.2. The lowest BCUT2D eigenvalue weighted by Gasteiger charge is -2.51. The van der Waals surface area contributed by atoms with Gasteiger partial charge in [0.1, 0.15) is 23.7 Å². The largest absolute Gasteiger partial charge is 0.508 e. The summed E-state index contributed by atoms with van der Waals surface area (Å²) >= 11 is 0. The highest BCUT2D eigenvalue weighted by Gasteiger charge is 2.46. The third-order valence-corrected chi connectivity index (χ3v) is 13.0. The van der Waals surface area contributed by atoms with E-state index in [1.165, 1.54) is 0 Å². The van der Waals surface area contributed by atoms with Gasteiger partial charge in [-0.05, 0) is 135 Å². The molecule has 4 N–H and O–H groups in total. The van der Waals surface area contributed by atoms with Gasteiger partial charge in [-0.15, -0.1) is 13.2 Å². The van der Waals surface area contributed by atoms with E-state index in [9.17, 15) is 19.8 Å². The van der Waals surface area contributed by atoms with Gasteiger partial charge < -0.3 is 19.7 Å². The van der Waals surface area contributed by atoms with Crippen LogP contribution in [0.2, 0.25) is 0 Å². The molecule has 0 radical (unpaired) electrons. The zero-order valence-corrected chi connectivity index (χ0v) is 32.2. The maximum atomic E-state index is 13.7. The molecule has 5 aromatic rings. The molecule has 2 aromatic heterocycles. The van der Waals surface area contributed by atoms with E-state index in [1.54, 1.807) is 73.1 Å². The summed E-state index contributed by atoms with van der Waals surface area (Å²) in [6, 6.07) is 20.5. The number of pyridine rings is 2. The Bertz CT molecular complexity index is 2210. The average Bonchev–Trinajstić information content (AvgIpc) is 3.25. The van der Waals surface area contributed by atoms with Crippen LogP contribution in [-0.4, -0.2) is 80.4 Å². The van der Waals surface area contributed by atoms with Crippen molar-refractivity contribution in [1.29, 1.82) is 0 Å². The number of hydrogen-bond acceptors (Lipinski definition) is 10. The first-order valence-corrected chi connectivity index (χ1v) is 20.2. The number of nitrogens with zero attached hydrogens (tertiary/aromatic N) is 4. The van der Waals surface area contributed by atoms with E-state index < -0.39 is 24.4 Å². The van der Waals surface area contributed by atoms with Crippen molar-refractivity contribution in [3.63, 3.8) is 0 Å². The highest BCUT2D eigenvalue weighted by Crippen LogP contribution is 2.45. The number of amides is 2. The minimum atomic E-state index is -0.621. The molecule has 6 fully saturated rings. The number of carbonyl (C=O) groups excluding carboxylic acids is 2. The van der Waals surface area contributed by atoms with E-state index in [2.05, 4.69) is 43.6 Å². The maximum Gasteiger partial charge on any atom is 0.412 e. The molecule has 0 saturated carbocycles. The molecule has 2 unspecified atom stereocenters. The molecule has 12 nitrogen and oxygen atoms in total. The van der Waals surface area contributed by atoms with Crippen LogP contribution in [0.1, 0.15) is 49.0 Å². The lowest BCUT2D eigenvalue weighted by Crippen LogP contribution is -2.55. The summed E-state index contributed by atoms with van der Waals surface area (Å²) < 4.78 is 12.6. The summed E-state index contributed by atoms with van der Waals surface area (Å²) in [5.74, 6) is 1.90. The van der Waals surface area contributed by atoms with Crippen LogP contribution in [0.4, 0.5) is 21.0 Å². The minimum absolute atomic E-state index is 0.0603. The SMILES string of the molecule is C=C[C@H]1CN2CC[C@H]1C[C@H]2[C@H](OC(=O)Nc1ccc(NC(=O)O[C@H](c2ccnc3ccc(O)cc23)[C@@H]2C[C@@H]3CCN2C[C@@H]3C=C)cc1)c1ccnc2ccc(O)cc12. The number of fused-ring (bicyclic) bond motifs is 8. The fourth-order valence-corrected chi connectivity index (χ4v) is 10.1. The first kappa shape index (κ1) is 37.6. The summed E-state index contributed by atoms with van der Waals surface area (Å²) in [6.45, 7) is 11.6. The Balaban J connectivity index is 0.912. The third kappa shape index (κ3) is 7.33. The Morgan fingerprint density at radius 2 is 1.10 bits per heavy atom. The monoisotopic (exact) mass is 780 g/mol. The van der Waals surface area contributed by atoms with E-state index in [-0.39, 0.29) is 23.6 Å². The lowest BCUT2D eigenvalue weighted by atomic mass is 9.73. The number of nitrogens with one attached hydrogen (secondary N) is 2. The topological polar surface area (TPSA) is 149 Å². The molecular weight excluding hydrogens is 733 g/mol. The summed E-state index contributed by atoms with van der Waals surface area (Å²) in [5, 5.41) is 28.0. The number of aromatic nitrogens is 2. The van der Waals surface area contributed by atoms with Crippen LogP contribution in [0, 0.1) is 23.7 Å². The van der Waals surface area contributed by atoms with Crippen LogP contribution in [-0.2, 0) is 9.47 Å². The Morgan fingerprint density at radius 1 is 0.672 bits per heavy atom. The first-order chi connectivity index (χ1) is 28.2. The molecule has 6 aliphatic heterocycles. The smallest absolute Gasteiger partial charge is 0.412 e. The van der Waals surface area contributed by atoms with Crippen molar-refractivity contribution in [2.45, 2.75) is 50.0 Å². The fraction of sp³-hybridized carbons (Fsp3) is 0.348. The molecule has 0 spiro atoms. The van der Waals surface area contributed by atoms with Crippen molar-refractivity contribution in [2.24, 2.45) is 23.7 Å². The number of carbonyl (C=O) groups is 2. The molecule has 58 heavy (non-hydrogen) atoms. The van der Waals surface area contributed by atoms with Gasteiger partial charge in [-0.3, -0.25) is 30.4 Å². The van der Waals surface area contributed by atoms with Gasteiger partial charge in [0.05, 0.1) is 23.1 Å². The van der Waals surface area contributed by atoms with Gasteiger partial charge in [-0.2, -0.15) is 0 Å². The van der Waals surface area contributed by atoms with Crippen LogP contribution >= 0.6 is 0 Å². The van der Waals surface area contributed by atoms with Crippen molar-refractivity contribution in [3.05, 3.63) is 122 Å². The zero-order chi connectivity index (χ0) is 39.9. The zero-order valence-electron chi connectivity index (χ0n) is 32.2. The molecule has 2 amide bonds. The molecule has 8 heterocycles. The summed E-state index contributed by atoms with van der Waals surface area (Å²) in [5.41, 5.74) is 3.96. The van der Waals surface area contributed by atoms with E-state index in [0.717, 1.165) is 73.8 Å². The third-order valence-electron chi connectivity index (χ3n) is 13.0. The number of rotatable bonds is 10. The molecular formula is C46H48N6O6. The molecule has 10 atom stereocenters. The molecule has 3 aromatic carbocycles. The second-order valence-electron chi connectivity index (χ2n) is 16.2.